The molecule has 0 unspecified atom stereocenters. The third-order valence-electron chi connectivity index (χ3n) is 4.02. The highest BCUT2D eigenvalue weighted by Crippen LogP contribution is 2.60. The van der Waals surface area contributed by atoms with Gasteiger partial charge in [0.05, 0.1) is 4.90 Å². The van der Waals surface area contributed by atoms with Gasteiger partial charge in [-0.25, -0.2) is 13.1 Å². The van der Waals surface area contributed by atoms with Crippen LogP contribution < -0.4 is 10.3 Å². The van der Waals surface area contributed by atoms with Crippen LogP contribution in [-0.4, -0.2) is 19.9 Å². The maximum absolute atomic E-state index is 12.0. The van der Waals surface area contributed by atoms with Gasteiger partial charge in [-0.05, 0) is 43.1 Å². The lowest BCUT2D eigenvalue weighted by Gasteiger charge is -2.15. The van der Waals surface area contributed by atoms with E-state index in [0.717, 1.165) is 18.8 Å². The van der Waals surface area contributed by atoms with Crippen molar-refractivity contribution in [2.75, 3.05) is 6.54 Å². The van der Waals surface area contributed by atoms with E-state index in [1.54, 1.807) is 0 Å². The van der Waals surface area contributed by atoms with Gasteiger partial charge in [0.2, 0.25) is 15.6 Å². The van der Waals surface area contributed by atoms with Crippen molar-refractivity contribution in [3.63, 3.8) is 0 Å². The van der Waals surface area contributed by atoms with Crippen molar-refractivity contribution in [1.29, 1.82) is 0 Å². The van der Waals surface area contributed by atoms with Gasteiger partial charge >= 0.3 is 0 Å². The first kappa shape index (κ1) is 11.9. The molecule has 2 fully saturated rings. The molecule has 2 aliphatic rings. The van der Waals surface area contributed by atoms with E-state index in [-0.39, 0.29) is 15.9 Å². The maximum atomic E-state index is 12.0. The summed E-state index contributed by atoms with van der Waals surface area (Å²) in [4.78, 5) is 13.4. The molecule has 0 bridgehead atoms. The Kier molecular flexibility index (Phi) is 2.60. The molecule has 98 valence electrons. The van der Waals surface area contributed by atoms with Gasteiger partial charge in [0, 0.05) is 18.8 Å². The van der Waals surface area contributed by atoms with Crippen LogP contribution in [0, 0.1) is 11.3 Å². The van der Waals surface area contributed by atoms with Crippen LogP contribution in [0.2, 0.25) is 0 Å². The number of nitrogens with one attached hydrogen (secondary N) is 2. The summed E-state index contributed by atoms with van der Waals surface area (Å²) in [6.45, 7) is 0.527. The van der Waals surface area contributed by atoms with Gasteiger partial charge < -0.3 is 4.98 Å². The van der Waals surface area contributed by atoms with Gasteiger partial charge in [0.1, 0.15) is 0 Å². The first-order chi connectivity index (χ1) is 8.52. The summed E-state index contributed by atoms with van der Waals surface area (Å²) in [7, 11) is -3.50. The fourth-order valence-electron chi connectivity index (χ4n) is 2.47. The molecule has 0 aliphatic heterocycles. The quantitative estimate of drug-likeness (QED) is 0.830. The van der Waals surface area contributed by atoms with Crippen LogP contribution in [-0.2, 0) is 10.0 Å². The molecular weight excluding hydrogens is 252 g/mol. The summed E-state index contributed by atoms with van der Waals surface area (Å²) in [5, 5.41) is 0. The molecule has 2 N–H and O–H groups in total. The summed E-state index contributed by atoms with van der Waals surface area (Å²) in [5.41, 5.74) is -0.0690. The molecule has 1 heterocycles. The van der Waals surface area contributed by atoms with Crippen LogP contribution in [0.1, 0.15) is 25.7 Å². The van der Waals surface area contributed by atoms with Crippen LogP contribution in [0.15, 0.2) is 28.0 Å². The molecule has 18 heavy (non-hydrogen) atoms. The van der Waals surface area contributed by atoms with E-state index in [0.29, 0.717) is 6.54 Å². The monoisotopic (exact) mass is 268 g/mol. The molecule has 0 amide bonds. The number of pyridine rings is 1. The van der Waals surface area contributed by atoms with Crippen LogP contribution in [0.4, 0.5) is 0 Å². The zero-order valence-corrected chi connectivity index (χ0v) is 10.8. The number of aromatic amines is 1. The average molecular weight is 268 g/mol. The van der Waals surface area contributed by atoms with Gasteiger partial charge in [0.15, 0.2) is 0 Å². The van der Waals surface area contributed by atoms with E-state index in [9.17, 15) is 13.2 Å². The van der Waals surface area contributed by atoms with E-state index in [2.05, 4.69) is 9.71 Å². The molecule has 0 spiro atoms. The van der Waals surface area contributed by atoms with Crippen molar-refractivity contribution in [3.8, 4) is 0 Å². The molecule has 0 radical (unpaired) electrons. The van der Waals surface area contributed by atoms with E-state index < -0.39 is 10.0 Å². The second-order valence-corrected chi connectivity index (χ2v) is 7.12. The number of hydrogen-bond acceptors (Lipinski definition) is 3. The number of aromatic nitrogens is 1. The van der Waals surface area contributed by atoms with Gasteiger partial charge in [-0.3, -0.25) is 4.79 Å². The zero-order valence-electron chi connectivity index (χ0n) is 9.98. The molecule has 6 heteroatoms. The standard InChI is InChI=1S/C12H16N2O3S/c15-11-4-3-10(7-13-11)18(16,17)14-8-12(5-6-12)9-1-2-9/h3-4,7,9,14H,1-2,5-6,8H2,(H,13,15). The van der Waals surface area contributed by atoms with Crippen LogP contribution in [0.3, 0.4) is 0 Å². The van der Waals surface area contributed by atoms with Crippen LogP contribution >= 0.6 is 0 Å². The predicted molar refractivity (Wildman–Crippen MR) is 66.6 cm³/mol. The Morgan fingerprint density at radius 1 is 1.33 bits per heavy atom. The second kappa shape index (κ2) is 3.93. The SMILES string of the molecule is O=c1ccc(S(=O)(=O)NCC2(C3CC3)CC2)c[nH]1. The van der Waals surface area contributed by atoms with E-state index in [1.807, 2.05) is 0 Å². The highest BCUT2D eigenvalue weighted by atomic mass is 32.2. The summed E-state index contributed by atoms with van der Waals surface area (Å²) < 4.78 is 26.7. The molecule has 3 rings (SSSR count). The number of sulfonamides is 1. The molecule has 0 saturated heterocycles. The van der Waals surface area contributed by atoms with Gasteiger partial charge in [0.25, 0.3) is 0 Å². The number of rotatable bonds is 5. The second-order valence-electron chi connectivity index (χ2n) is 5.35. The highest BCUT2D eigenvalue weighted by Gasteiger charge is 2.53. The van der Waals surface area contributed by atoms with Gasteiger partial charge in [-0.2, -0.15) is 0 Å². The first-order valence-corrected chi connectivity index (χ1v) is 7.69. The summed E-state index contributed by atoms with van der Waals surface area (Å²) in [6.07, 6.45) is 5.97. The Balaban J connectivity index is 1.71. The topological polar surface area (TPSA) is 79.0 Å². The lowest BCUT2D eigenvalue weighted by molar-refractivity contribution is 0.432. The number of hydrogen-bond donors (Lipinski definition) is 2. The van der Waals surface area contributed by atoms with E-state index in [1.165, 1.54) is 31.2 Å². The fourth-order valence-corrected chi connectivity index (χ4v) is 3.58. The minimum absolute atomic E-state index is 0.119. The third-order valence-corrected chi connectivity index (χ3v) is 5.41. The third kappa shape index (κ3) is 2.22. The van der Waals surface area contributed by atoms with Crippen molar-refractivity contribution >= 4 is 10.0 Å². The average Bonchev–Trinajstić information content (AvgIpc) is 3.19. The lowest BCUT2D eigenvalue weighted by Crippen LogP contribution is -2.31. The summed E-state index contributed by atoms with van der Waals surface area (Å²) in [6, 6.07) is 2.56. The van der Waals surface area contributed by atoms with E-state index in [4.69, 9.17) is 0 Å². The lowest BCUT2D eigenvalue weighted by atomic mass is 10.0. The largest absolute Gasteiger partial charge is 0.328 e. The summed E-state index contributed by atoms with van der Waals surface area (Å²) >= 11 is 0. The highest BCUT2D eigenvalue weighted by molar-refractivity contribution is 7.89. The first-order valence-electron chi connectivity index (χ1n) is 6.20. The molecule has 1 aromatic heterocycles. The Morgan fingerprint density at radius 2 is 2.06 bits per heavy atom. The fraction of sp³-hybridized carbons (Fsp3) is 0.583. The van der Waals surface area contributed by atoms with Crippen LogP contribution in [0.25, 0.3) is 0 Å². The van der Waals surface area contributed by atoms with Crippen molar-refractivity contribution in [2.45, 2.75) is 30.6 Å². The smallest absolute Gasteiger partial charge is 0.247 e. The van der Waals surface area contributed by atoms with Crippen molar-refractivity contribution in [1.82, 2.24) is 9.71 Å². The minimum Gasteiger partial charge on any atom is -0.328 e. The normalized spacial score (nSPS) is 21.8. The zero-order chi connectivity index (χ0) is 12.8. The maximum Gasteiger partial charge on any atom is 0.247 e. The van der Waals surface area contributed by atoms with E-state index >= 15 is 0 Å². The Labute approximate surface area is 106 Å². The Morgan fingerprint density at radius 3 is 2.56 bits per heavy atom. The van der Waals surface area contributed by atoms with Crippen molar-refractivity contribution < 1.29 is 8.42 Å². The Bertz CT molecular complexity index is 592. The van der Waals surface area contributed by atoms with Gasteiger partial charge in [-0.1, -0.05) is 0 Å². The molecule has 0 aromatic carbocycles. The van der Waals surface area contributed by atoms with Crippen molar-refractivity contribution in [2.24, 2.45) is 11.3 Å². The molecule has 1 aromatic rings. The summed E-state index contributed by atoms with van der Waals surface area (Å²) in [5.74, 6) is 0.718. The van der Waals surface area contributed by atoms with Crippen molar-refractivity contribution in [3.05, 3.63) is 28.7 Å². The minimum atomic E-state index is -3.50. The van der Waals surface area contributed by atoms with Crippen LogP contribution in [0.5, 0.6) is 0 Å². The number of H-pyrrole nitrogens is 1. The molecule has 2 aliphatic carbocycles. The predicted octanol–water partition coefficient (Wildman–Crippen LogP) is 0.843. The molecule has 0 atom stereocenters. The van der Waals surface area contributed by atoms with Gasteiger partial charge in [-0.15, -0.1) is 0 Å². The Hall–Kier alpha value is -1.14. The molecule has 5 nitrogen and oxygen atoms in total. The molecular formula is C12H16N2O3S. The molecule has 2 saturated carbocycles.